The molecule has 1 N–H and O–H groups in total. The average molecular weight is 855 g/mol. The Bertz CT molecular complexity index is 2370. The number of carbonyl (C=O) groups excluding carboxylic acids is 2. The number of phenolic OH excluding ortho intramolecular Hbond substituents is 1. The molecule has 2 aromatic heterocycles. The fourth-order valence-electron chi connectivity index (χ4n) is 7.45. The van der Waals surface area contributed by atoms with Gasteiger partial charge in [0, 0.05) is 54.5 Å². The third-order valence-electron chi connectivity index (χ3n) is 9.88. The number of methoxy groups -OCH3 is 2. The van der Waals surface area contributed by atoms with E-state index in [9.17, 15) is 29.1 Å². The zero-order chi connectivity index (χ0) is 36.0. The normalized spacial score (nSPS) is 24.2. The van der Waals surface area contributed by atoms with Crippen molar-refractivity contribution in [1.29, 1.82) is 0 Å². The van der Waals surface area contributed by atoms with Gasteiger partial charge in [-0.05, 0) is 23.8 Å². The van der Waals surface area contributed by atoms with Gasteiger partial charge in [-0.3, -0.25) is 19.3 Å². The van der Waals surface area contributed by atoms with Crippen LogP contribution in [0.2, 0.25) is 0 Å². The van der Waals surface area contributed by atoms with Gasteiger partial charge in [0.15, 0.2) is 21.2 Å². The number of aryl methyl sites for hydroxylation is 2. The van der Waals surface area contributed by atoms with Gasteiger partial charge in [0.05, 0.1) is 43.3 Å². The van der Waals surface area contributed by atoms with E-state index in [0.717, 1.165) is 9.47 Å². The molecule has 1 aliphatic carbocycles. The molecular weight excluding hydrogens is 827 g/mol. The molecular formula is C32H28Br2Cl2N6O8. The summed E-state index contributed by atoms with van der Waals surface area (Å²) >= 11 is 21.0. The molecule has 2 fully saturated rings. The van der Waals surface area contributed by atoms with Crippen molar-refractivity contribution in [3.8, 4) is 17.2 Å². The van der Waals surface area contributed by atoms with Gasteiger partial charge >= 0.3 is 11.4 Å². The van der Waals surface area contributed by atoms with Crippen LogP contribution in [-0.4, -0.2) is 74.7 Å². The number of hydrogen-bond donors (Lipinski definition) is 1. The number of likely N-dealkylation sites (tertiary alicyclic amines) is 1. The number of phenols is 1. The van der Waals surface area contributed by atoms with E-state index >= 15 is 0 Å². The zero-order valence-electron chi connectivity index (χ0n) is 26.7. The number of alkyl halides is 3. The maximum absolute atomic E-state index is 14.2. The maximum Gasteiger partial charge on any atom is 0.347 e. The van der Waals surface area contributed by atoms with Crippen molar-refractivity contribution < 1.29 is 24.2 Å². The minimum absolute atomic E-state index is 0.0625. The third-order valence-corrected chi connectivity index (χ3v) is 12.3. The van der Waals surface area contributed by atoms with Crippen LogP contribution in [0.5, 0.6) is 17.2 Å². The first kappa shape index (κ1) is 34.6. The first-order chi connectivity index (χ1) is 23.7. The Morgan fingerprint density at radius 2 is 1.72 bits per heavy atom. The number of aromatic hydroxyl groups is 1. The highest BCUT2D eigenvalue weighted by molar-refractivity contribution is 9.10. The first-order valence-corrected chi connectivity index (χ1v) is 17.9. The molecule has 4 heterocycles. The summed E-state index contributed by atoms with van der Waals surface area (Å²) in [5.41, 5.74) is -0.259. The minimum Gasteiger partial charge on any atom is -0.508 e. The second kappa shape index (κ2) is 12.1. The van der Waals surface area contributed by atoms with E-state index in [0.29, 0.717) is 32.6 Å². The summed E-state index contributed by atoms with van der Waals surface area (Å²) in [6.45, 7) is -0.272. The van der Waals surface area contributed by atoms with Crippen LogP contribution in [0.15, 0.2) is 60.8 Å². The number of allylic oxidation sites excluding steroid dienone is 2. The Morgan fingerprint density at radius 3 is 2.40 bits per heavy atom. The van der Waals surface area contributed by atoms with Gasteiger partial charge in [0.2, 0.25) is 0 Å². The highest BCUT2D eigenvalue weighted by Crippen LogP contribution is 2.64. The third kappa shape index (κ3) is 4.63. The molecule has 0 radical (unpaired) electrons. The Labute approximate surface area is 309 Å². The molecule has 0 spiro atoms. The molecule has 50 heavy (non-hydrogen) atoms. The molecule has 0 bridgehead atoms. The number of carbonyl (C=O) groups is 2. The highest BCUT2D eigenvalue weighted by Gasteiger charge is 2.75. The molecule has 3 aliphatic rings. The van der Waals surface area contributed by atoms with E-state index < -0.39 is 50.5 Å². The van der Waals surface area contributed by atoms with Crippen LogP contribution in [0.4, 0.5) is 0 Å². The van der Waals surface area contributed by atoms with Crippen molar-refractivity contribution in [2.45, 2.75) is 47.6 Å². The van der Waals surface area contributed by atoms with E-state index in [4.69, 9.17) is 32.7 Å². The first-order valence-electron chi connectivity index (χ1n) is 15.3. The number of nitrogens with zero attached hydrogens (tertiary/aromatic N) is 6. The summed E-state index contributed by atoms with van der Waals surface area (Å²) in [4.78, 5) is 70.3. The van der Waals surface area contributed by atoms with Gasteiger partial charge in [0.1, 0.15) is 11.4 Å². The molecule has 4 unspecified atom stereocenters. The number of halogens is 4. The summed E-state index contributed by atoms with van der Waals surface area (Å²) in [6, 6.07) is 6.87. The quantitative estimate of drug-likeness (QED) is 0.128. The molecule has 2 aliphatic heterocycles. The van der Waals surface area contributed by atoms with E-state index in [1.54, 1.807) is 37.4 Å². The lowest BCUT2D eigenvalue weighted by Crippen LogP contribution is -2.59. The van der Waals surface area contributed by atoms with Crippen molar-refractivity contribution in [2.75, 3.05) is 19.7 Å². The number of amides is 2. The second-order valence-corrected chi connectivity index (χ2v) is 14.9. The highest BCUT2D eigenvalue weighted by atomic mass is 79.9. The number of fused-ring (bicyclic) bond motifs is 5. The number of benzene rings is 2. The molecule has 4 atom stereocenters. The molecule has 7 rings (SSSR count). The van der Waals surface area contributed by atoms with E-state index in [1.165, 1.54) is 34.2 Å². The largest absolute Gasteiger partial charge is 0.508 e. The van der Waals surface area contributed by atoms with Crippen molar-refractivity contribution >= 4 is 77.9 Å². The SMILES string of the molecule is COc1cc2nc(CCn3c(=O)n4n(c3=O)C3CC5(Cl)C(=O)N(CBr)C(=O)C5(Cl)C(c5cc(Br)ccc5O)C3=CC4)c(=O)n(C)c2cc1OC. The number of ether oxygens (including phenoxy) is 2. The summed E-state index contributed by atoms with van der Waals surface area (Å²) < 4.78 is 16.2. The number of hydrogen-bond acceptors (Lipinski definition) is 9. The Hall–Kier alpha value is -3.86. The molecule has 18 heteroatoms. The fraction of sp³-hybridized carbons (Fsp3) is 0.375. The van der Waals surface area contributed by atoms with E-state index in [2.05, 4.69) is 36.8 Å². The lowest BCUT2D eigenvalue weighted by molar-refractivity contribution is -0.138. The Kier molecular flexibility index (Phi) is 8.39. The number of aromatic nitrogens is 5. The monoisotopic (exact) mass is 852 g/mol. The van der Waals surface area contributed by atoms with Gasteiger partial charge < -0.3 is 19.1 Å². The Morgan fingerprint density at radius 1 is 1.02 bits per heavy atom. The molecule has 1 saturated heterocycles. The van der Waals surface area contributed by atoms with Crippen LogP contribution < -0.4 is 26.4 Å². The van der Waals surface area contributed by atoms with Crippen LogP contribution in [0.3, 0.4) is 0 Å². The molecule has 262 valence electrons. The topological polar surface area (TPSA) is 160 Å². The molecule has 1 saturated carbocycles. The molecule has 2 amide bonds. The van der Waals surface area contributed by atoms with E-state index in [-0.39, 0.29) is 48.4 Å². The smallest absolute Gasteiger partial charge is 0.347 e. The summed E-state index contributed by atoms with van der Waals surface area (Å²) in [6.07, 6.45) is 1.32. The Balaban J connectivity index is 1.32. The average Bonchev–Trinajstić information content (AvgIpc) is 3.43. The van der Waals surface area contributed by atoms with Gasteiger partial charge in [-0.15, -0.1) is 23.2 Å². The van der Waals surface area contributed by atoms with Crippen LogP contribution in [-0.2, 0) is 36.1 Å². The lowest BCUT2D eigenvalue weighted by Gasteiger charge is -2.49. The summed E-state index contributed by atoms with van der Waals surface area (Å²) in [7, 11) is 4.55. The number of imide groups is 1. The predicted octanol–water partition coefficient (Wildman–Crippen LogP) is 3.13. The van der Waals surface area contributed by atoms with Crippen molar-refractivity contribution in [3.63, 3.8) is 0 Å². The van der Waals surface area contributed by atoms with Crippen LogP contribution in [0.1, 0.15) is 29.6 Å². The standard InChI is InChI=1S/C32H28Br2Cl2N6O8/c1-38-20-12-24(50-3)23(49-2)11-19(20)37-18(26(38)44)7-8-39-29(47)41-9-6-16-21(42(41)30(39)48)13-31(35)27(45)40(14-33)28(46)32(31,36)25(16)17-10-15(34)4-5-22(17)43/h4-6,10-12,21,25,43H,7-9,13-14H2,1-3H3. The predicted molar refractivity (Wildman–Crippen MR) is 190 cm³/mol. The molecule has 4 aromatic rings. The zero-order valence-corrected chi connectivity index (χ0v) is 31.3. The van der Waals surface area contributed by atoms with Crippen LogP contribution in [0, 0.1) is 0 Å². The molecule has 14 nitrogen and oxygen atoms in total. The van der Waals surface area contributed by atoms with Crippen LogP contribution >= 0.6 is 55.1 Å². The van der Waals surface area contributed by atoms with Crippen molar-refractivity contribution in [1.82, 2.24) is 28.4 Å². The van der Waals surface area contributed by atoms with Gasteiger partial charge in [-0.1, -0.05) is 37.9 Å². The van der Waals surface area contributed by atoms with Crippen LogP contribution in [0.25, 0.3) is 11.0 Å². The minimum atomic E-state index is -2.08. The summed E-state index contributed by atoms with van der Waals surface area (Å²) in [5.74, 6) is -2.06. The lowest BCUT2D eigenvalue weighted by atomic mass is 9.64. The second-order valence-electron chi connectivity index (χ2n) is 12.2. The number of rotatable bonds is 7. The van der Waals surface area contributed by atoms with Gasteiger partial charge in [-0.2, -0.15) is 0 Å². The fourth-order valence-corrected chi connectivity index (χ4v) is 9.22. The van der Waals surface area contributed by atoms with Crippen molar-refractivity contribution in [2.24, 2.45) is 7.05 Å². The van der Waals surface area contributed by atoms with E-state index in [1.807, 2.05) is 0 Å². The summed E-state index contributed by atoms with van der Waals surface area (Å²) in [5, 5.41) is 11.1. The van der Waals surface area contributed by atoms with Gasteiger partial charge in [0.25, 0.3) is 17.4 Å². The maximum atomic E-state index is 14.2. The van der Waals surface area contributed by atoms with Gasteiger partial charge in [-0.25, -0.2) is 28.5 Å². The molecule has 2 aromatic carbocycles. The van der Waals surface area contributed by atoms with Crippen molar-refractivity contribution in [3.05, 3.63) is 89.0 Å².